The number of amides is 2. The van der Waals surface area contributed by atoms with Gasteiger partial charge in [0, 0.05) is 13.6 Å². The molecule has 28 heavy (non-hydrogen) atoms. The van der Waals surface area contributed by atoms with Crippen molar-refractivity contribution in [2.45, 2.75) is 47.2 Å². The molecule has 0 aliphatic heterocycles. The number of nitrogens with zero attached hydrogens (tertiary/aromatic N) is 1. The fourth-order valence-electron chi connectivity index (χ4n) is 3.05. The lowest BCUT2D eigenvalue weighted by Crippen LogP contribution is -2.48. The number of ether oxygens (including phenoxy) is 1. The molecule has 0 saturated heterocycles. The van der Waals surface area contributed by atoms with E-state index in [0.717, 1.165) is 27.8 Å². The molecule has 1 N–H and O–H groups in total. The number of rotatable bonds is 7. The van der Waals surface area contributed by atoms with E-state index in [1.54, 1.807) is 18.9 Å². The van der Waals surface area contributed by atoms with Crippen LogP contribution in [0.5, 0.6) is 5.75 Å². The average molecular weight is 383 g/mol. The van der Waals surface area contributed by atoms with E-state index in [2.05, 4.69) is 11.4 Å². The highest BCUT2D eigenvalue weighted by Crippen LogP contribution is 2.23. The van der Waals surface area contributed by atoms with E-state index in [9.17, 15) is 9.59 Å². The van der Waals surface area contributed by atoms with Crippen molar-refractivity contribution in [3.63, 3.8) is 0 Å². The Morgan fingerprint density at radius 2 is 1.68 bits per heavy atom. The molecule has 0 fully saturated rings. The van der Waals surface area contributed by atoms with Crippen LogP contribution in [-0.2, 0) is 16.1 Å². The summed E-state index contributed by atoms with van der Waals surface area (Å²) >= 11 is 0. The molecule has 1 atom stereocenters. The molecule has 0 spiro atoms. The summed E-state index contributed by atoms with van der Waals surface area (Å²) in [4.78, 5) is 26.7. The zero-order chi connectivity index (χ0) is 20.8. The normalized spacial score (nSPS) is 11.6. The fourth-order valence-corrected chi connectivity index (χ4v) is 3.05. The number of hydrogen-bond acceptors (Lipinski definition) is 3. The molecule has 5 heteroatoms. The Labute approximate surface area is 167 Å². The van der Waals surface area contributed by atoms with Gasteiger partial charge in [-0.25, -0.2) is 0 Å². The topological polar surface area (TPSA) is 58.6 Å². The SMILES string of the molecule is CNC(=O)[C@H](C)N(Cc1ccc(C)cc1)C(=O)COc1cc(C)cc(C)c1C. The first-order valence-corrected chi connectivity index (χ1v) is 9.50. The van der Waals surface area contributed by atoms with Gasteiger partial charge in [-0.05, 0) is 62.9 Å². The molecule has 2 aromatic rings. The van der Waals surface area contributed by atoms with Crippen molar-refractivity contribution in [2.75, 3.05) is 13.7 Å². The Morgan fingerprint density at radius 1 is 1.04 bits per heavy atom. The zero-order valence-corrected chi connectivity index (χ0v) is 17.6. The van der Waals surface area contributed by atoms with Crippen LogP contribution in [0.4, 0.5) is 0 Å². The van der Waals surface area contributed by atoms with Crippen molar-refractivity contribution in [3.05, 3.63) is 64.2 Å². The number of hydrogen-bond donors (Lipinski definition) is 1. The lowest BCUT2D eigenvalue weighted by Gasteiger charge is -2.28. The molecule has 0 aliphatic rings. The van der Waals surface area contributed by atoms with Gasteiger partial charge >= 0.3 is 0 Å². The average Bonchev–Trinajstić information content (AvgIpc) is 2.67. The monoisotopic (exact) mass is 382 g/mol. The minimum atomic E-state index is -0.595. The lowest BCUT2D eigenvalue weighted by molar-refractivity contribution is -0.142. The first-order valence-electron chi connectivity index (χ1n) is 9.50. The van der Waals surface area contributed by atoms with Crippen LogP contribution in [0.15, 0.2) is 36.4 Å². The van der Waals surface area contributed by atoms with Gasteiger partial charge in [-0.2, -0.15) is 0 Å². The Morgan fingerprint density at radius 3 is 2.29 bits per heavy atom. The Hall–Kier alpha value is -2.82. The fraction of sp³-hybridized carbons (Fsp3) is 0.391. The van der Waals surface area contributed by atoms with Crippen LogP contribution in [0.3, 0.4) is 0 Å². The smallest absolute Gasteiger partial charge is 0.261 e. The van der Waals surface area contributed by atoms with Crippen LogP contribution in [-0.4, -0.2) is 36.4 Å². The highest BCUT2D eigenvalue weighted by molar-refractivity contribution is 5.87. The molecular formula is C23H30N2O3. The maximum atomic E-state index is 13.0. The second-order valence-corrected chi connectivity index (χ2v) is 7.29. The van der Waals surface area contributed by atoms with Gasteiger partial charge in [-0.15, -0.1) is 0 Å². The molecule has 0 aliphatic carbocycles. The summed E-state index contributed by atoms with van der Waals surface area (Å²) in [5, 5.41) is 2.62. The highest BCUT2D eigenvalue weighted by Gasteiger charge is 2.26. The van der Waals surface area contributed by atoms with E-state index in [4.69, 9.17) is 4.74 Å². The summed E-state index contributed by atoms with van der Waals surface area (Å²) in [6.07, 6.45) is 0. The number of likely N-dealkylation sites (N-methyl/N-ethyl adjacent to an activating group) is 1. The Balaban J connectivity index is 2.18. The maximum absolute atomic E-state index is 13.0. The summed E-state index contributed by atoms with van der Waals surface area (Å²) < 4.78 is 5.84. The standard InChI is InChI=1S/C23H30N2O3/c1-15-7-9-20(10-8-15)13-25(19(5)23(27)24-6)22(26)14-28-21-12-16(2)11-17(3)18(21)4/h7-12,19H,13-14H2,1-6H3,(H,24,27)/t19-/m0/s1. The summed E-state index contributed by atoms with van der Waals surface area (Å²) in [5.41, 5.74) is 5.34. The second kappa shape index (κ2) is 9.40. The van der Waals surface area contributed by atoms with Crippen molar-refractivity contribution in [1.29, 1.82) is 0 Å². The van der Waals surface area contributed by atoms with E-state index in [1.807, 2.05) is 58.0 Å². The molecule has 2 aromatic carbocycles. The summed E-state index contributed by atoms with van der Waals surface area (Å²) in [6.45, 7) is 9.98. The molecule has 2 amide bonds. The molecule has 0 saturated carbocycles. The van der Waals surface area contributed by atoms with Gasteiger partial charge < -0.3 is 15.0 Å². The molecule has 150 valence electrons. The van der Waals surface area contributed by atoms with Crippen LogP contribution in [0.25, 0.3) is 0 Å². The van der Waals surface area contributed by atoms with Gasteiger partial charge in [0.25, 0.3) is 5.91 Å². The molecule has 2 rings (SSSR count). The Bertz CT molecular complexity index is 844. The summed E-state index contributed by atoms with van der Waals surface area (Å²) in [7, 11) is 1.57. The largest absolute Gasteiger partial charge is 0.483 e. The van der Waals surface area contributed by atoms with Crippen molar-refractivity contribution in [1.82, 2.24) is 10.2 Å². The van der Waals surface area contributed by atoms with Crippen LogP contribution >= 0.6 is 0 Å². The van der Waals surface area contributed by atoms with Gasteiger partial charge in [0.1, 0.15) is 11.8 Å². The number of benzene rings is 2. The predicted octanol–water partition coefficient (Wildman–Crippen LogP) is 3.46. The molecule has 0 aromatic heterocycles. The minimum absolute atomic E-state index is 0.114. The molecule has 0 heterocycles. The van der Waals surface area contributed by atoms with Crippen molar-refractivity contribution in [3.8, 4) is 5.75 Å². The van der Waals surface area contributed by atoms with Gasteiger partial charge in [0.15, 0.2) is 6.61 Å². The third-order valence-corrected chi connectivity index (χ3v) is 5.00. The van der Waals surface area contributed by atoms with E-state index in [1.165, 1.54) is 0 Å². The number of carbonyl (C=O) groups excluding carboxylic acids is 2. The van der Waals surface area contributed by atoms with Crippen LogP contribution in [0.2, 0.25) is 0 Å². The van der Waals surface area contributed by atoms with E-state index in [-0.39, 0.29) is 18.4 Å². The molecular weight excluding hydrogens is 352 g/mol. The van der Waals surface area contributed by atoms with Crippen molar-refractivity contribution in [2.24, 2.45) is 0 Å². The van der Waals surface area contributed by atoms with Crippen LogP contribution in [0.1, 0.15) is 34.7 Å². The van der Waals surface area contributed by atoms with Crippen molar-refractivity contribution >= 4 is 11.8 Å². The first-order chi connectivity index (χ1) is 13.2. The van der Waals surface area contributed by atoms with Gasteiger partial charge in [-0.3, -0.25) is 9.59 Å². The lowest BCUT2D eigenvalue weighted by atomic mass is 10.1. The van der Waals surface area contributed by atoms with Gasteiger partial charge in [0.05, 0.1) is 0 Å². The summed E-state index contributed by atoms with van der Waals surface area (Å²) in [5.74, 6) is 0.270. The number of aryl methyl sites for hydroxylation is 3. The van der Waals surface area contributed by atoms with Crippen LogP contribution in [0, 0.1) is 27.7 Å². The van der Waals surface area contributed by atoms with Crippen molar-refractivity contribution < 1.29 is 14.3 Å². The number of carbonyl (C=O) groups is 2. The molecule has 0 radical (unpaired) electrons. The minimum Gasteiger partial charge on any atom is -0.483 e. The van der Waals surface area contributed by atoms with Crippen LogP contribution < -0.4 is 10.1 Å². The third kappa shape index (κ3) is 5.35. The van der Waals surface area contributed by atoms with E-state index >= 15 is 0 Å². The Kier molecular flexibility index (Phi) is 7.21. The van der Waals surface area contributed by atoms with E-state index < -0.39 is 6.04 Å². The molecule has 0 bridgehead atoms. The quantitative estimate of drug-likeness (QED) is 0.798. The van der Waals surface area contributed by atoms with Gasteiger partial charge in [-0.1, -0.05) is 35.9 Å². The highest BCUT2D eigenvalue weighted by atomic mass is 16.5. The predicted molar refractivity (Wildman–Crippen MR) is 111 cm³/mol. The number of nitrogens with one attached hydrogen (secondary N) is 1. The zero-order valence-electron chi connectivity index (χ0n) is 17.6. The molecule has 0 unspecified atom stereocenters. The van der Waals surface area contributed by atoms with Gasteiger partial charge in [0.2, 0.25) is 5.91 Å². The molecule has 5 nitrogen and oxygen atoms in total. The third-order valence-electron chi connectivity index (χ3n) is 5.00. The second-order valence-electron chi connectivity index (χ2n) is 7.29. The first kappa shape index (κ1) is 21.5. The maximum Gasteiger partial charge on any atom is 0.261 e. The van der Waals surface area contributed by atoms with E-state index in [0.29, 0.717) is 12.3 Å². The summed E-state index contributed by atoms with van der Waals surface area (Å²) in [6, 6.07) is 11.4.